The van der Waals surface area contributed by atoms with Crippen LogP contribution in [0.3, 0.4) is 0 Å². The highest BCUT2D eigenvalue weighted by molar-refractivity contribution is 6.15. The van der Waals surface area contributed by atoms with E-state index in [-0.39, 0.29) is 5.56 Å². The lowest BCUT2D eigenvalue weighted by atomic mass is 10.3. The Morgan fingerprint density at radius 3 is 2.89 bits per heavy atom. The fraction of sp³-hybridized carbons (Fsp3) is 0. The zero-order chi connectivity index (χ0) is 6.69. The quantitative estimate of drug-likeness (QED) is 0.485. The summed E-state index contributed by atoms with van der Waals surface area (Å²) in [6, 6.07) is 3.29. The molecule has 0 aliphatic rings. The molecule has 9 heavy (non-hydrogen) atoms. The molecule has 2 N–H and O–H groups in total. The first-order valence-corrected chi connectivity index (χ1v) is 2.69. The van der Waals surface area contributed by atoms with E-state index >= 15 is 0 Å². The molecule has 1 aromatic heterocycles. The lowest BCUT2D eigenvalue weighted by Gasteiger charge is -1.94. The molecule has 0 aliphatic carbocycles. The van der Waals surface area contributed by atoms with E-state index in [1.54, 1.807) is 20.2 Å². The highest BCUT2D eigenvalue weighted by Gasteiger charge is 1.84. The maximum atomic E-state index is 10.6. The number of aromatic amines is 1. The molecule has 1 aromatic rings. The molecule has 0 aromatic carbocycles. The first kappa shape index (κ1) is 5.94. The molecule has 0 atom stereocenters. The van der Waals surface area contributed by atoms with Crippen LogP contribution >= 0.6 is 0 Å². The second-order valence-electron chi connectivity index (χ2n) is 1.69. The van der Waals surface area contributed by atoms with E-state index in [9.17, 15) is 4.79 Å². The molecular weight excluding hydrogens is 115 g/mol. The van der Waals surface area contributed by atoms with Crippen molar-refractivity contribution in [2.45, 2.75) is 0 Å². The molecule has 0 unspecified atom stereocenters. The molecule has 46 valence electrons. The van der Waals surface area contributed by atoms with E-state index in [0.717, 1.165) is 5.69 Å². The summed E-state index contributed by atoms with van der Waals surface area (Å²) in [5, 5.41) is 2.85. The SMILES string of the molecule is BNc1cc[nH]c(=O)c1. The Labute approximate surface area is 53.5 Å². The standard InChI is InChI=1S/C5H7BN2O/c6-8-4-1-2-7-5(9)3-4/h1-3H,6H2,(H2,7,8,9). The van der Waals surface area contributed by atoms with Crippen LogP contribution < -0.4 is 10.8 Å². The van der Waals surface area contributed by atoms with Gasteiger partial charge in [0.25, 0.3) is 0 Å². The fourth-order valence-electron chi connectivity index (χ4n) is 0.600. The number of pyridine rings is 1. The fourth-order valence-corrected chi connectivity index (χ4v) is 0.600. The van der Waals surface area contributed by atoms with Gasteiger partial charge in [-0.05, 0) is 6.07 Å². The van der Waals surface area contributed by atoms with Gasteiger partial charge in [-0.15, -0.1) is 0 Å². The van der Waals surface area contributed by atoms with Crippen LogP contribution in [0.25, 0.3) is 0 Å². The van der Waals surface area contributed by atoms with Gasteiger partial charge in [0.05, 0.1) is 0 Å². The van der Waals surface area contributed by atoms with Crippen LogP contribution in [-0.2, 0) is 0 Å². The summed E-state index contributed by atoms with van der Waals surface area (Å²) in [4.78, 5) is 13.1. The first-order valence-electron chi connectivity index (χ1n) is 2.69. The Bertz CT molecular complexity index is 245. The summed E-state index contributed by atoms with van der Waals surface area (Å²) in [6.45, 7) is 0. The third-order valence-corrected chi connectivity index (χ3v) is 1.06. The van der Waals surface area contributed by atoms with Gasteiger partial charge in [0.15, 0.2) is 0 Å². The van der Waals surface area contributed by atoms with Gasteiger partial charge >= 0.3 is 0 Å². The normalized spacial score (nSPS) is 8.89. The zero-order valence-corrected chi connectivity index (χ0v) is 5.14. The molecule has 4 heteroatoms. The van der Waals surface area contributed by atoms with Crippen LogP contribution in [0.2, 0.25) is 0 Å². The number of anilines is 1. The highest BCUT2D eigenvalue weighted by Crippen LogP contribution is 1.95. The third-order valence-electron chi connectivity index (χ3n) is 1.06. The number of hydrogen-bond donors (Lipinski definition) is 2. The summed E-state index contributed by atoms with van der Waals surface area (Å²) in [7, 11) is 1.77. The van der Waals surface area contributed by atoms with Crippen LogP contribution in [-0.4, -0.2) is 13.0 Å². The lowest BCUT2D eigenvalue weighted by Crippen LogP contribution is -2.04. The maximum Gasteiger partial charge on any atom is 0.249 e. The van der Waals surface area contributed by atoms with E-state index in [2.05, 4.69) is 10.2 Å². The van der Waals surface area contributed by atoms with Gasteiger partial charge in [0, 0.05) is 18.0 Å². The zero-order valence-electron chi connectivity index (χ0n) is 5.14. The minimum atomic E-state index is -0.0816. The van der Waals surface area contributed by atoms with Gasteiger partial charge in [-0.2, -0.15) is 0 Å². The van der Waals surface area contributed by atoms with Crippen LogP contribution in [0.1, 0.15) is 0 Å². The van der Waals surface area contributed by atoms with Crippen molar-refractivity contribution in [3.63, 3.8) is 0 Å². The van der Waals surface area contributed by atoms with Gasteiger partial charge in [0.2, 0.25) is 13.5 Å². The molecule has 0 radical (unpaired) electrons. The number of aromatic nitrogens is 1. The predicted molar refractivity (Wildman–Crippen MR) is 39.2 cm³/mol. The molecule has 0 spiro atoms. The molecular formula is C5H7BN2O. The Balaban J connectivity index is 3.08. The number of H-pyrrole nitrogens is 1. The van der Waals surface area contributed by atoms with Crippen molar-refractivity contribution in [2.24, 2.45) is 0 Å². The molecule has 1 heterocycles. The number of rotatable bonds is 1. The summed E-state index contributed by atoms with van der Waals surface area (Å²) >= 11 is 0. The molecule has 0 saturated heterocycles. The summed E-state index contributed by atoms with van der Waals surface area (Å²) in [5.74, 6) is 0. The van der Waals surface area contributed by atoms with Gasteiger partial charge in [-0.1, -0.05) is 0 Å². The Kier molecular flexibility index (Phi) is 1.58. The Hall–Kier alpha value is -1.19. The van der Waals surface area contributed by atoms with Gasteiger partial charge in [-0.25, -0.2) is 0 Å². The van der Waals surface area contributed by atoms with E-state index in [1.807, 2.05) is 0 Å². The van der Waals surface area contributed by atoms with E-state index in [1.165, 1.54) is 6.07 Å². The van der Waals surface area contributed by atoms with E-state index < -0.39 is 0 Å². The largest absolute Gasteiger partial charge is 0.434 e. The number of nitrogens with one attached hydrogen (secondary N) is 2. The summed E-state index contributed by atoms with van der Waals surface area (Å²) < 4.78 is 0. The minimum Gasteiger partial charge on any atom is -0.434 e. The van der Waals surface area contributed by atoms with Gasteiger partial charge in [0.1, 0.15) is 0 Å². The third kappa shape index (κ3) is 1.35. The first-order chi connectivity index (χ1) is 4.33. The Morgan fingerprint density at radius 2 is 2.44 bits per heavy atom. The molecule has 1 rings (SSSR count). The average Bonchev–Trinajstić information content (AvgIpc) is 1.88. The molecule has 0 aliphatic heterocycles. The predicted octanol–water partition coefficient (Wildman–Crippen LogP) is -0.665. The van der Waals surface area contributed by atoms with Crippen molar-refractivity contribution in [2.75, 3.05) is 5.23 Å². The maximum absolute atomic E-state index is 10.6. The average molecular weight is 122 g/mol. The molecule has 0 amide bonds. The van der Waals surface area contributed by atoms with Crippen molar-refractivity contribution in [3.05, 3.63) is 28.7 Å². The summed E-state index contributed by atoms with van der Waals surface area (Å²) in [5.41, 5.74) is 0.751. The number of hydrogen-bond acceptors (Lipinski definition) is 2. The van der Waals surface area contributed by atoms with Gasteiger partial charge < -0.3 is 10.2 Å². The van der Waals surface area contributed by atoms with E-state index in [4.69, 9.17) is 0 Å². The minimum absolute atomic E-state index is 0.0816. The van der Waals surface area contributed by atoms with Crippen LogP contribution in [0, 0.1) is 0 Å². The van der Waals surface area contributed by atoms with Crippen molar-refractivity contribution >= 4 is 13.7 Å². The van der Waals surface area contributed by atoms with Gasteiger partial charge in [-0.3, -0.25) is 4.79 Å². The topological polar surface area (TPSA) is 44.9 Å². The van der Waals surface area contributed by atoms with Crippen molar-refractivity contribution < 1.29 is 0 Å². The second kappa shape index (κ2) is 2.39. The summed E-state index contributed by atoms with van der Waals surface area (Å²) in [6.07, 6.45) is 1.61. The van der Waals surface area contributed by atoms with Crippen molar-refractivity contribution in [1.29, 1.82) is 0 Å². The van der Waals surface area contributed by atoms with Crippen molar-refractivity contribution in [1.82, 2.24) is 4.98 Å². The molecule has 0 bridgehead atoms. The highest BCUT2D eigenvalue weighted by atomic mass is 16.1. The smallest absolute Gasteiger partial charge is 0.249 e. The van der Waals surface area contributed by atoms with Crippen LogP contribution in [0.15, 0.2) is 23.1 Å². The monoisotopic (exact) mass is 122 g/mol. The lowest BCUT2D eigenvalue weighted by molar-refractivity contribution is 1.24. The molecule has 3 nitrogen and oxygen atoms in total. The molecule has 0 fully saturated rings. The molecule has 0 saturated carbocycles. The second-order valence-corrected chi connectivity index (χ2v) is 1.69. The van der Waals surface area contributed by atoms with Crippen molar-refractivity contribution in [3.8, 4) is 0 Å². The Morgan fingerprint density at radius 1 is 1.67 bits per heavy atom. The van der Waals surface area contributed by atoms with Crippen LogP contribution in [0.4, 0.5) is 5.69 Å². The van der Waals surface area contributed by atoms with Crippen LogP contribution in [0.5, 0.6) is 0 Å². The van der Waals surface area contributed by atoms with E-state index in [0.29, 0.717) is 0 Å².